The minimum absolute atomic E-state index is 0.0138. The van der Waals surface area contributed by atoms with E-state index >= 15 is 0 Å². The second-order valence-corrected chi connectivity index (χ2v) is 6.78. The number of anilines is 1. The highest BCUT2D eigenvalue weighted by molar-refractivity contribution is 6.37. The van der Waals surface area contributed by atoms with E-state index in [1.54, 1.807) is 49.5 Å². The molecule has 0 saturated heterocycles. The van der Waals surface area contributed by atoms with Gasteiger partial charge in [-0.1, -0.05) is 46.9 Å². The zero-order chi connectivity index (χ0) is 18.8. The Morgan fingerprint density at radius 3 is 2.46 bits per heavy atom. The standard InChI is InChI=1S/C19H13Cl3N2O2/c1-24(16-4-2-3-5-17(16)25)19(26)11-6-7-14(21)13(8-11)18-15(22)9-12(20)10-23-18/h2-10,25H,1H3. The zero-order valence-corrected chi connectivity index (χ0v) is 15.8. The summed E-state index contributed by atoms with van der Waals surface area (Å²) in [4.78, 5) is 18.4. The Morgan fingerprint density at radius 1 is 1.04 bits per heavy atom. The molecule has 0 saturated carbocycles. The van der Waals surface area contributed by atoms with E-state index in [2.05, 4.69) is 4.98 Å². The molecule has 1 amide bonds. The Morgan fingerprint density at radius 2 is 1.77 bits per heavy atom. The second-order valence-electron chi connectivity index (χ2n) is 5.53. The predicted molar refractivity (Wildman–Crippen MR) is 106 cm³/mol. The van der Waals surface area contributed by atoms with Crippen LogP contribution in [-0.2, 0) is 0 Å². The van der Waals surface area contributed by atoms with Crippen LogP contribution in [0.15, 0.2) is 54.7 Å². The summed E-state index contributed by atoms with van der Waals surface area (Å²) in [5.41, 5.74) is 1.73. The Balaban J connectivity index is 2.02. The summed E-state index contributed by atoms with van der Waals surface area (Å²) in [6.07, 6.45) is 1.46. The quantitative estimate of drug-likeness (QED) is 0.606. The molecule has 3 aromatic rings. The van der Waals surface area contributed by atoms with E-state index in [9.17, 15) is 9.90 Å². The molecule has 26 heavy (non-hydrogen) atoms. The van der Waals surface area contributed by atoms with Gasteiger partial charge in [-0.3, -0.25) is 9.78 Å². The molecular formula is C19H13Cl3N2O2. The molecule has 0 aliphatic rings. The van der Waals surface area contributed by atoms with Gasteiger partial charge in [0, 0.05) is 24.4 Å². The van der Waals surface area contributed by atoms with Crippen LogP contribution in [0.2, 0.25) is 15.1 Å². The van der Waals surface area contributed by atoms with Gasteiger partial charge in [-0.2, -0.15) is 0 Å². The lowest BCUT2D eigenvalue weighted by Gasteiger charge is -2.19. The van der Waals surface area contributed by atoms with E-state index in [0.717, 1.165) is 0 Å². The molecule has 2 aromatic carbocycles. The molecule has 0 bridgehead atoms. The van der Waals surface area contributed by atoms with Crippen molar-refractivity contribution >= 4 is 46.4 Å². The van der Waals surface area contributed by atoms with Gasteiger partial charge in [0.1, 0.15) is 5.75 Å². The number of para-hydroxylation sites is 2. The van der Waals surface area contributed by atoms with Crippen molar-refractivity contribution in [2.24, 2.45) is 0 Å². The van der Waals surface area contributed by atoms with Gasteiger partial charge in [-0.05, 0) is 36.4 Å². The molecule has 0 spiro atoms. The molecule has 0 atom stereocenters. The number of benzene rings is 2. The van der Waals surface area contributed by atoms with Crippen molar-refractivity contribution in [1.82, 2.24) is 4.98 Å². The number of hydrogen-bond donors (Lipinski definition) is 1. The van der Waals surface area contributed by atoms with Crippen LogP contribution in [0.25, 0.3) is 11.3 Å². The van der Waals surface area contributed by atoms with Crippen LogP contribution in [0.5, 0.6) is 5.75 Å². The number of halogens is 3. The lowest BCUT2D eigenvalue weighted by atomic mass is 10.1. The number of phenolic OH excluding ortho intramolecular Hbond substituents is 1. The van der Waals surface area contributed by atoms with Crippen LogP contribution >= 0.6 is 34.8 Å². The third-order valence-corrected chi connectivity index (χ3v) is 4.65. The van der Waals surface area contributed by atoms with Crippen molar-refractivity contribution in [2.45, 2.75) is 0 Å². The largest absolute Gasteiger partial charge is 0.506 e. The van der Waals surface area contributed by atoms with Crippen molar-refractivity contribution in [3.05, 3.63) is 75.4 Å². The van der Waals surface area contributed by atoms with Gasteiger partial charge in [-0.15, -0.1) is 0 Å². The number of carbonyl (C=O) groups is 1. The van der Waals surface area contributed by atoms with Gasteiger partial charge in [0.05, 0.1) is 26.4 Å². The minimum Gasteiger partial charge on any atom is -0.506 e. The van der Waals surface area contributed by atoms with Crippen LogP contribution < -0.4 is 4.90 Å². The average Bonchev–Trinajstić information content (AvgIpc) is 2.62. The number of rotatable bonds is 3. The third-order valence-electron chi connectivity index (χ3n) is 3.82. The number of phenols is 1. The van der Waals surface area contributed by atoms with Crippen LogP contribution in [0.3, 0.4) is 0 Å². The molecule has 4 nitrogen and oxygen atoms in total. The van der Waals surface area contributed by atoms with Crippen molar-refractivity contribution < 1.29 is 9.90 Å². The highest BCUT2D eigenvalue weighted by Crippen LogP contribution is 2.34. The van der Waals surface area contributed by atoms with Crippen LogP contribution in [0.4, 0.5) is 5.69 Å². The van der Waals surface area contributed by atoms with Crippen molar-refractivity contribution in [1.29, 1.82) is 0 Å². The third kappa shape index (κ3) is 3.63. The number of pyridine rings is 1. The molecule has 3 rings (SSSR count). The fourth-order valence-corrected chi connectivity index (χ4v) is 3.19. The highest BCUT2D eigenvalue weighted by Gasteiger charge is 2.19. The lowest BCUT2D eigenvalue weighted by molar-refractivity contribution is 0.0992. The summed E-state index contributed by atoms with van der Waals surface area (Å²) in [7, 11) is 1.58. The Hall–Kier alpha value is -2.27. The average molecular weight is 408 g/mol. The summed E-state index contributed by atoms with van der Waals surface area (Å²) in [5, 5.41) is 11.1. The fourth-order valence-electron chi connectivity index (χ4n) is 2.50. The summed E-state index contributed by atoms with van der Waals surface area (Å²) in [5.74, 6) is -0.297. The Labute approximate surface area is 165 Å². The van der Waals surface area contributed by atoms with E-state index in [0.29, 0.717) is 37.6 Å². The molecule has 0 radical (unpaired) electrons. The maximum atomic E-state index is 12.8. The molecule has 0 fully saturated rings. The van der Waals surface area contributed by atoms with E-state index in [4.69, 9.17) is 34.8 Å². The molecule has 132 valence electrons. The molecule has 7 heteroatoms. The first-order valence-electron chi connectivity index (χ1n) is 7.55. The minimum atomic E-state index is -0.311. The first-order valence-corrected chi connectivity index (χ1v) is 8.69. The normalized spacial score (nSPS) is 10.6. The topological polar surface area (TPSA) is 53.4 Å². The zero-order valence-electron chi connectivity index (χ0n) is 13.6. The van der Waals surface area contributed by atoms with Gasteiger partial charge < -0.3 is 10.0 Å². The first kappa shape index (κ1) is 18.5. The molecule has 1 heterocycles. The van der Waals surface area contributed by atoms with Gasteiger partial charge in [-0.25, -0.2) is 0 Å². The van der Waals surface area contributed by atoms with Crippen molar-refractivity contribution in [2.75, 3.05) is 11.9 Å². The maximum Gasteiger partial charge on any atom is 0.258 e. The lowest BCUT2D eigenvalue weighted by Crippen LogP contribution is -2.26. The molecule has 0 aliphatic heterocycles. The van der Waals surface area contributed by atoms with Crippen molar-refractivity contribution in [3.63, 3.8) is 0 Å². The smallest absolute Gasteiger partial charge is 0.258 e. The molecule has 0 aliphatic carbocycles. The number of nitrogens with zero attached hydrogens (tertiary/aromatic N) is 2. The number of hydrogen-bond acceptors (Lipinski definition) is 3. The van der Waals surface area contributed by atoms with E-state index in [-0.39, 0.29) is 11.7 Å². The molecule has 1 N–H and O–H groups in total. The van der Waals surface area contributed by atoms with Crippen LogP contribution in [0.1, 0.15) is 10.4 Å². The number of carbonyl (C=O) groups excluding carboxylic acids is 1. The Kier molecular flexibility index (Phi) is 5.37. The van der Waals surface area contributed by atoms with Gasteiger partial charge in [0.2, 0.25) is 0 Å². The van der Waals surface area contributed by atoms with Gasteiger partial charge in [0.15, 0.2) is 0 Å². The van der Waals surface area contributed by atoms with Crippen molar-refractivity contribution in [3.8, 4) is 17.0 Å². The highest BCUT2D eigenvalue weighted by atomic mass is 35.5. The van der Waals surface area contributed by atoms with E-state index < -0.39 is 0 Å². The maximum absolute atomic E-state index is 12.8. The van der Waals surface area contributed by atoms with Gasteiger partial charge in [0.25, 0.3) is 5.91 Å². The summed E-state index contributed by atoms with van der Waals surface area (Å²) < 4.78 is 0. The van der Waals surface area contributed by atoms with E-state index in [1.165, 1.54) is 17.2 Å². The first-order chi connectivity index (χ1) is 12.4. The SMILES string of the molecule is CN(C(=O)c1ccc(Cl)c(-c2ncc(Cl)cc2Cl)c1)c1ccccc1O. The monoisotopic (exact) mass is 406 g/mol. The predicted octanol–water partition coefficient (Wildman–Crippen LogP) is 5.69. The van der Waals surface area contributed by atoms with Crippen LogP contribution in [-0.4, -0.2) is 23.0 Å². The fraction of sp³-hybridized carbons (Fsp3) is 0.0526. The van der Waals surface area contributed by atoms with Crippen LogP contribution in [0, 0.1) is 0 Å². The Bertz CT molecular complexity index is 992. The number of amides is 1. The number of aromatic nitrogens is 1. The summed E-state index contributed by atoms with van der Waals surface area (Å²) >= 11 is 18.4. The van der Waals surface area contributed by atoms with E-state index in [1.807, 2.05) is 0 Å². The second kappa shape index (κ2) is 7.54. The molecule has 0 unspecified atom stereocenters. The molecule has 1 aromatic heterocycles. The molecular weight excluding hydrogens is 395 g/mol. The van der Waals surface area contributed by atoms with Gasteiger partial charge >= 0.3 is 0 Å². The number of aromatic hydroxyl groups is 1. The summed E-state index contributed by atoms with van der Waals surface area (Å²) in [6, 6.07) is 13.0. The summed E-state index contributed by atoms with van der Waals surface area (Å²) in [6.45, 7) is 0.